The summed E-state index contributed by atoms with van der Waals surface area (Å²) in [4.78, 5) is 2.17. The number of rotatable bonds is 4. The largest absolute Gasteiger partial charge is 0.302 e. The van der Waals surface area contributed by atoms with E-state index >= 15 is 0 Å². The zero-order valence-electron chi connectivity index (χ0n) is 13.0. The normalized spacial score (nSPS) is 27.9. The molecule has 1 aromatic carbocycles. The SMILES string of the molecule is CC1CCC(C(NN)c2ccc(F)c(F)c2)(N(C)C)CC1. The van der Waals surface area contributed by atoms with Gasteiger partial charge in [0.2, 0.25) is 0 Å². The standard InChI is InChI=1S/C16H25F2N3/c1-11-6-8-16(9-7-11,21(2)3)15(20-19)12-4-5-13(17)14(18)10-12/h4-5,10-11,15,20H,6-9,19H2,1-3H3. The zero-order chi connectivity index (χ0) is 15.6. The number of benzene rings is 1. The van der Waals surface area contributed by atoms with Gasteiger partial charge in [-0.15, -0.1) is 0 Å². The maximum absolute atomic E-state index is 13.6. The molecule has 1 unspecified atom stereocenters. The van der Waals surface area contributed by atoms with Gasteiger partial charge in [0.1, 0.15) is 0 Å². The predicted molar refractivity (Wildman–Crippen MR) is 80.5 cm³/mol. The molecule has 1 aliphatic carbocycles. The summed E-state index contributed by atoms with van der Waals surface area (Å²) in [5.41, 5.74) is 3.36. The summed E-state index contributed by atoms with van der Waals surface area (Å²) in [5.74, 6) is 4.83. The molecular formula is C16H25F2N3. The Morgan fingerprint density at radius 1 is 1.24 bits per heavy atom. The van der Waals surface area contributed by atoms with Crippen LogP contribution in [-0.4, -0.2) is 24.5 Å². The maximum Gasteiger partial charge on any atom is 0.159 e. The summed E-state index contributed by atoms with van der Waals surface area (Å²) < 4.78 is 26.8. The summed E-state index contributed by atoms with van der Waals surface area (Å²) in [6.07, 6.45) is 4.18. The molecule has 0 heterocycles. The van der Waals surface area contributed by atoms with E-state index in [-0.39, 0.29) is 11.6 Å². The van der Waals surface area contributed by atoms with Crippen LogP contribution in [0.15, 0.2) is 18.2 Å². The van der Waals surface area contributed by atoms with Crippen molar-refractivity contribution in [3.8, 4) is 0 Å². The van der Waals surface area contributed by atoms with E-state index < -0.39 is 11.6 Å². The molecule has 1 aromatic rings. The third-order valence-corrected chi connectivity index (χ3v) is 5.01. The van der Waals surface area contributed by atoms with Crippen molar-refractivity contribution >= 4 is 0 Å². The van der Waals surface area contributed by atoms with Crippen LogP contribution in [0.25, 0.3) is 0 Å². The Labute approximate surface area is 125 Å². The molecule has 0 aromatic heterocycles. The van der Waals surface area contributed by atoms with Gasteiger partial charge in [0.25, 0.3) is 0 Å². The molecule has 21 heavy (non-hydrogen) atoms. The number of hydrogen-bond donors (Lipinski definition) is 2. The molecule has 3 nitrogen and oxygen atoms in total. The molecule has 3 N–H and O–H groups in total. The average molecular weight is 297 g/mol. The van der Waals surface area contributed by atoms with E-state index in [1.807, 2.05) is 14.1 Å². The van der Waals surface area contributed by atoms with Crippen molar-refractivity contribution in [2.24, 2.45) is 11.8 Å². The van der Waals surface area contributed by atoms with Crippen molar-refractivity contribution in [2.45, 2.75) is 44.2 Å². The predicted octanol–water partition coefficient (Wildman–Crippen LogP) is 2.98. The van der Waals surface area contributed by atoms with Gasteiger partial charge in [0, 0.05) is 5.54 Å². The van der Waals surface area contributed by atoms with Gasteiger partial charge in [0.05, 0.1) is 6.04 Å². The van der Waals surface area contributed by atoms with E-state index in [0.717, 1.165) is 25.7 Å². The first-order valence-electron chi connectivity index (χ1n) is 7.49. The molecule has 0 radical (unpaired) electrons. The highest BCUT2D eigenvalue weighted by atomic mass is 19.2. The van der Waals surface area contributed by atoms with Crippen molar-refractivity contribution in [1.82, 2.24) is 10.3 Å². The minimum absolute atomic E-state index is 0.175. The van der Waals surface area contributed by atoms with Crippen molar-refractivity contribution < 1.29 is 8.78 Å². The lowest BCUT2D eigenvalue weighted by Crippen LogP contribution is -2.56. The van der Waals surface area contributed by atoms with Gasteiger partial charge in [-0.05, 0) is 63.4 Å². The van der Waals surface area contributed by atoms with Gasteiger partial charge in [-0.25, -0.2) is 8.78 Å². The molecule has 2 rings (SSSR count). The van der Waals surface area contributed by atoms with Gasteiger partial charge >= 0.3 is 0 Å². The number of hydrogen-bond acceptors (Lipinski definition) is 3. The van der Waals surface area contributed by atoms with Crippen LogP contribution in [-0.2, 0) is 0 Å². The Bertz CT molecular complexity index is 482. The third-order valence-electron chi connectivity index (χ3n) is 5.01. The van der Waals surface area contributed by atoms with Gasteiger partial charge < -0.3 is 4.90 Å². The van der Waals surface area contributed by atoms with Crippen LogP contribution in [0.5, 0.6) is 0 Å². The van der Waals surface area contributed by atoms with Crippen LogP contribution in [0.2, 0.25) is 0 Å². The molecule has 0 bridgehead atoms. The first kappa shape index (κ1) is 16.3. The number of halogens is 2. The first-order valence-corrected chi connectivity index (χ1v) is 7.49. The van der Waals surface area contributed by atoms with E-state index in [0.29, 0.717) is 11.5 Å². The van der Waals surface area contributed by atoms with Gasteiger partial charge in [-0.3, -0.25) is 11.3 Å². The van der Waals surface area contributed by atoms with Gasteiger partial charge in [0.15, 0.2) is 11.6 Å². The van der Waals surface area contributed by atoms with E-state index in [1.54, 1.807) is 6.07 Å². The molecule has 0 saturated heterocycles. The lowest BCUT2D eigenvalue weighted by molar-refractivity contribution is 0.0427. The highest BCUT2D eigenvalue weighted by Gasteiger charge is 2.43. The summed E-state index contributed by atoms with van der Waals surface area (Å²) in [6.45, 7) is 2.25. The monoisotopic (exact) mass is 297 g/mol. The van der Waals surface area contributed by atoms with Crippen molar-refractivity contribution in [1.29, 1.82) is 0 Å². The Balaban J connectivity index is 2.38. The molecule has 0 aliphatic heterocycles. The fraction of sp³-hybridized carbons (Fsp3) is 0.625. The molecule has 5 heteroatoms. The van der Waals surface area contributed by atoms with E-state index in [1.165, 1.54) is 12.1 Å². The lowest BCUT2D eigenvalue weighted by Gasteiger charge is -2.49. The molecule has 1 aliphatic rings. The van der Waals surface area contributed by atoms with Crippen molar-refractivity contribution in [2.75, 3.05) is 14.1 Å². The van der Waals surface area contributed by atoms with Crippen LogP contribution >= 0.6 is 0 Å². The highest BCUT2D eigenvalue weighted by Crippen LogP contribution is 2.43. The number of nitrogens with zero attached hydrogens (tertiary/aromatic N) is 1. The minimum atomic E-state index is -0.828. The van der Waals surface area contributed by atoms with Gasteiger partial charge in [-0.2, -0.15) is 0 Å². The van der Waals surface area contributed by atoms with Crippen LogP contribution in [0.4, 0.5) is 8.78 Å². The Hall–Kier alpha value is -1.04. The Kier molecular flexibility index (Phi) is 4.96. The molecule has 118 valence electrons. The van der Waals surface area contributed by atoms with Crippen molar-refractivity contribution in [3.05, 3.63) is 35.4 Å². The highest BCUT2D eigenvalue weighted by molar-refractivity contribution is 5.25. The summed E-state index contributed by atoms with van der Waals surface area (Å²) in [5, 5.41) is 0. The molecule has 1 atom stereocenters. The van der Waals surface area contributed by atoms with E-state index in [2.05, 4.69) is 17.2 Å². The van der Waals surface area contributed by atoms with Crippen molar-refractivity contribution in [3.63, 3.8) is 0 Å². The fourth-order valence-electron chi connectivity index (χ4n) is 3.51. The number of nitrogens with one attached hydrogen (secondary N) is 1. The van der Waals surface area contributed by atoms with Crippen LogP contribution < -0.4 is 11.3 Å². The number of likely N-dealkylation sites (N-methyl/N-ethyl adjacent to an activating group) is 1. The summed E-state index contributed by atoms with van der Waals surface area (Å²) in [7, 11) is 4.06. The molecule has 0 amide bonds. The lowest BCUT2D eigenvalue weighted by atomic mass is 9.70. The third kappa shape index (κ3) is 3.10. The number of hydrazine groups is 1. The minimum Gasteiger partial charge on any atom is -0.302 e. The fourth-order valence-corrected chi connectivity index (χ4v) is 3.51. The Morgan fingerprint density at radius 2 is 1.86 bits per heavy atom. The Morgan fingerprint density at radius 3 is 2.33 bits per heavy atom. The second-order valence-electron chi connectivity index (χ2n) is 6.45. The second-order valence-corrected chi connectivity index (χ2v) is 6.45. The smallest absolute Gasteiger partial charge is 0.159 e. The number of nitrogens with two attached hydrogens (primary N) is 1. The first-order chi connectivity index (χ1) is 9.90. The topological polar surface area (TPSA) is 41.3 Å². The molecular weight excluding hydrogens is 272 g/mol. The van der Waals surface area contributed by atoms with Crippen LogP contribution in [0.1, 0.15) is 44.2 Å². The molecule has 1 saturated carbocycles. The van der Waals surface area contributed by atoms with Crippen LogP contribution in [0.3, 0.4) is 0 Å². The van der Waals surface area contributed by atoms with Crippen LogP contribution in [0, 0.1) is 17.6 Å². The zero-order valence-corrected chi connectivity index (χ0v) is 13.0. The summed E-state index contributed by atoms with van der Waals surface area (Å²) >= 11 is 0. The van der Waals surface area contributed by atoms with E-state index in [4.69, 9.17) is 5.84 Å². The second kappa shape index (κ2) is 6.38. The van der Waals surface area contributed by atoms with E-state index in [9.17, 15) is 8.78 Å². The molecule has 1 fully saturated rings. The molecule has 0 spiro atoms. The quantitative estimate of drug-likeness (QED) is 0.663. The maximum atomic E-state index is 13.6. The average Bonchev–Trinajstić information content (AvgIpc) is 2.45. The summed E-state index contributed by atoms with van der Waals surface area (Å²) in [6, 6.07) is 3.81. The van der Waals surface area contributed by atoms with Gasteiger partial charge in [-0.1, -0.05) is 13.0 Å².